The van der Waals surface area contributed by atoms with Crippen LogP contribution in [0.5, 0.6) is 0 Å². The third-order valence-electron chi connectivity index (χ3n) is 2.35. The van der Waals surface area contributed by atoms with E-state index in [-0.39, 0.29) is 6.04 Å². The fourth-order valence-electron chi connectivity index (χ4n) is 1.51. The highest BCUT2D eigenvalue weighted by atomic mass is 79.9. The van der Waals surface area contributed by atoms with E-state index < -0.39 is 0 Å². The highest BCUT2D eigenvalue weighted by Gasteiger charge is 2.14. The summed E-state index contributed by atoms with van der Waals surface area (Å²) in [5.74, 6) is 0. The Morgan fingerprint density at radius 3 is 2.75 bits per heavy atom. The molecule has 0 saturated carbocycles. The molecule has 2 aromatic rings. The molecular formula is C11H11BrClN3. The minimum absolute atomic E-state index is 0.290. The first kappa shape index (κ1) is 11.6. The molecule has 2 N–H and O–H groups in total. The molecule has 0 aliphatic heterocycles. The van der Waals surface area contributed by atoms with Crippen molar-refractivity contribution in [3.05, 3.63) is 51.2 Å². The monoisotopic (exact) mass is 299 g/mol. The molecular weight excluding hydrogens is 289 g/mol. The maximum atomic E-state index is 6.14. The maximum Gasteiger partial charge on any atom is 0.0837 e. The lowest BCUT2D eigenvalue weighted by Gasteiger charge is -2.11. The highest BCUT2D eigenvalue weighted by molar-refractivity contribution is 9.10. The quantitative estimate of drug-likeness (QED) is 0.927. The van der Waals surface area contributed by atoms with E-state index in [0.29, 0.717) is 5.02 Å². The van der Waals surface area contributed by atoms with E-state index in [2.05, 4.69) is 21.0 Å². The Morgan fingerprint density at radius 1 is 1.44 bits per heavy atom. The second kappa shape index (κ2) is 4.57. The third-order valence-corrected chi connectivity index (χ3v) is 3.17. The van der Waals surface area contributed by atoms with Crippen molar-refractivity contribution >= 4 is 27.5 Å². The molecule has 1 aromatic heterocycles. The Hall–Kier alpha value is -0.840. The van der Waals surface area contributed by atoms with Crippen molar-refractivity contribution in [2.45, 2.75) is 6.04 Å². The van der Waals surface area contributed by atoms with Crippen molar-refractivity contribution in [3.63, 3.8) is 0 Å². The van der Waals surface area contributed by atoms with Crippen LogP contribution in [0.3, 0.4) is 0 Å². The number of rotatable bonds is 2. The van der Waals surface area contributed by atoms with Crippen molar-refractivity contribution in [2.75, 3.05) is 0 Å². The zero-order chi connectivity index (χ0) is 11.7. The number of aromatic nitrogens is 2. The Labute approximate surface area is 107 Å². The van der Waals surface area contributed by atoms with Crippen LogP contribution in [-0.4, -0.2) is 9.78 Å². The fraction of sp³-hybridized carbons (Fsp3) is 0.182. The summed E-state index contributed by atoms with van der Waals surface area (Å²) in [6.07, 6.45) is 1.86. The smallest absolute Gasteiger partial charge is 0.0837 e. The van der Waals surface area contributed by atoms with E-state index in [9.17, 15) is 0 Å². The first-order valence-electron chi connectivity index (χ1n) is 4.78. The van der Waals surface area contributed by atoms with Crippen LogP contribution in [0.25, 0.3) is 0 Å². The molecule has 1 atom stereocenters. The average molecular weight is 301 g/mol. The topological polar surface area (TPSA) is 43.8 Å². The Morgan fingerprint density at radius 2 is 2.19 bits per heavy atom. The number of benzene rings is 1. The van der Waals surface area contributed by atoms with Gasteiger partial charge in [-0.1, -0.05) is 33.6 Å². The number of nitrogens with zero attached hydrogens (tertiary/aromatic N) is 2. The number of hydrogen-bond acceptors (Lipinski definition) is 2. The molecule has 0 saturated heterocycles. The Balaban J connectivity index is 2.37. The second-order valence-electron chi connectivity index (χ2n) is 3.56. The van der Waals surface area contributed by atoms with E-state index >= 15 is 0 Å². The van der Waals surface area contributed by atoms with Crippen LogP contribution in [0.1, 0.15) is 17.3 Å². The third kappa shape index (κ3) is 2.29. The molecule has 84 valence electrons. The Bertz CT molecular complexity index is 510. The summed E-state index contributed by atoms with van der Waals surface area (Å²) in [5, 5.41) is 4.92. The molecule has 16 heavy (non-hydrogen) atoms. The van der Waals surface area contributed by atoms with Crippen LogP contribution < -0.4 is 5.73 Å². The zero-order valence-corrected chi connectivity index (χ0v) is 11.0. The van der Waals surface area contributed by atoms with Gasteiger partial charge in [-0.3, -0.25) is 4.68 Å². The normalized spacial score (nSPS) is 12.8. The van der Waals surface area contributed by atoms with E-state index in [4.69, 9.17) is 17.3 Å². The van der Waals surface area contributed by atoms with Gasteiger partial charge in [-0.25, -0.2) is 0 Å². The lowest BCUT2D eigenvalue weighted by molar-refractivity contribution is 0.716. The molecule has 0 aliphatic carbocycles. The van der Waals surface area contributed by atoms with Crippen LogP contribution in [0, 0.1) is 0 Å². The standard InChI is InChI=1S/C11H11BrClN3/c1-16-5-4-10(15-16)11(14)8-3-2-7(12)6-9(8)13/h2-6,11H,14H2,1H3. The summed E-state index contributed by atoms with van der Waals surface area (Å²) in [7, 11) is 1.86. The SMILES string of the molecule is Cn1ccc(C(N)c2ccc(Br)cc2Cl)n1. The summed E-state index contributed by atoms with van der Waals surface area (Å²) in [4.78, 5) is 0. The fourth-order valence-corrected chi connectivity index (χ4v) is 2.30. The van der Waals surface area contributed by atoms with Gasteiger partial charge in [0.15, 0.2) is 0 Å². The molecule has 5 heteroatoms. The highest BCUT2D eigenvalue weighted by Crippen LogP contribution is 2.28. The molecule has 2 rings (SSSR count). The average Bonchev–Trinajstić information content (AvgIpc) is 2.64. The second-order valence-corrected chi connectivity index (χ2v) is 4.88. The van der Waals surface area contributed by atoms with Gasteiger partial charge < -0.3 is 5.73 Å². The van der Waals surface area contributed by atoms with Gasteiger partial charge >= 0.3 is 0 Å². The first-order valence-corrected chi connectivity index (χ1v) is 5.95. The van der Waals surface area contributed by atoms with Gasteiger partial charge in [0, 0.05) is 22.7 Å². The van der Waals surface area contributed by atoms with Gasteiger partial charge in [0.25, 0.3) is 0 Å². The van der Waals surface area contributed by atoms with Crippen molar-refractivity contribution in [2.24, 2.45) is 12.8 Å². The van der Waals surface area contributed by atoms with Crippen LogP contribution in [0.4, 0.5) is 0 Å². The summed E-state index contributed by atoms with van der Waals surface area (Å²) in [5.41, 5.74) is 7.80. The predicted octanol–water partition coefficient (Wildman–Crippen LogP) is 2.88. The zero-order valence-electron chi connectivity index (χ0n) is 8.69. The maximum absolute atomic E-state index is 6.14. The minimum atomic E-state index is -0.290. The lowest BCUT2D eigenvalue weighted by atomic mass is 10.1. The number of hydrogen-bond donors (Lipinski definition) is 1. The molecule has 0 aliphatic rings. The van der Waals surface area contributed by atoms with E-state index in [1.807, 2.05) is 37.5 Å². The first-order chi connectivity index (χ1) is 7.58. The van der Waals surface area contributed by atoms with Crippen molar-refractivity contribution < 1.29 is 0 Å². The number of halogens is 2. The van der Waals surface area contributed by atoms with Crippen LogP contribution in [-0.2, 0) is 7.05 Å². The van der Waals surface area contributed by atoms with Crippen LogP contribution in [0.2, 0.25) is 5.02 Å². The minimum Gasteiger partial charge on any atom is -0.319 e. The molecule has 0 spiro atoms. The van der Waals surface area contributed by atoms with Gasteiger partial charge in [-0.2, -0.15) is 5.10 Å². The predicted molar refractivity (Wildman–Crippen MR) is 68.4 cm³/mol. The lowest BCUT2D eigenvalue weighted by Crippen LogP contribution is -2.13. The molecule has 1 aromatic carbocycles. The molecule has 1 heterocycles. The largest absolute Gasteiger partial charge is 0.319 e. The molecule has 0 fully saturated rings. The summed E-state index contributed by atoms with van der Waals surface area (Å²) < 4.78 is 2.66. The number of nitrogens with two attached hydrogens (primary N) is 1. The molecule has 3 nitrogen and oxygen atoms in total. The summed E-state index contributed by atoms with van der Waals surface area (Å²) in [6.45, 7) is 0. The van der Waals surface area contributed by atoms with Crippen molar-refractivity contribution in [1.82, 2.24) is 9.78 Å². The van der Waals surface area contributed by atoms with Crippen LogP contribution >= 0.6 is 27.5 Å². The molecule has 1 unspecified atom stereocenters. The van der Waals surface area contributed by atoms with Crippen molar-refractivity contribution in [1.29, 1.82) is 0 Å². The molecule has 0 bridgehead atoms. The van der Waals surface area contributed by atoms with Gasteiger partial charge in [-0.05, 0) is 23.8 Å². The van der Waals surface area contributed by atoms with E-state index in [0.717, 1.165) is 15.7 Å². The van der Waals surface area contributed by atoms with Gasteiger partial charge in [-0.15, -0.1) is 0 Å². The van der Waals surface area contributed by atoms with Gasteiger partial charge in [0.1, 0.15) is 0 Å². The van der Waals surface area contributed by atoms with Gasteiger partial charge in [0.05, 0.1) is 11.7 Å². The van der Waals surface area contributed by atoms with Gasteiger partial charge in [0.2, 0.25) is 0 Å². The molecule has 0 amide bonds. The van der Waals surface area contributed by atoms with Crippen LogP contribution in [0.15, 0.2) is 34.9 Å². The number of aryl methyl sites for hydroxylation is 1. The van der Waals surface area contributed by atoms with E-state index in [1.54, 1.807) is 4.68 Å². The van der Waals surface area contributed by atoms with Crippen molar-refractivity contribution in [3.8, 4) is 0 Å². The summed E-state index contributed by atoms with van der Waals surface area (Å²) >= 11 is 9.50. The summed E-state index contributed by atoms with van der Waals surface area (Å²) in [6, 6.07) is 7.26. The molecule has 0 radical (unpaired) electrons. The van der Waals surface area contributed by atoms with E-state index in [1.165, 1.54) is 0 Å². The Kier molecular flexibility index (Phi) is 3.33.